The predicted molar refractivity (Wildman–Crippen MR) is 62.0 cm³/mol. The zero-order valence-corrected chi connectivity index (χ0v) is 9.78. The number of rotatable bonds is 2. The van der Waals surface area contributed by atoms with E-state index in [1.807, 2.05) is 13.0 Å². The Morgan fingerprint density at radius 1 is 1.44 bits per heavy atom. The van der Waals surface area contributed by atoms with Crippen molar-refractivity contribution in [1.82, 2.24) is 10.1 Å². The highest BCUT2D eigenvalue weighted by atomic mass is 16.5. The average molecular weight is 218 g/mol. The van der Waals surface area contributed by atoms with Gasteiger partial charge < -0.3 is 4.52 Å². The molecule has 2 aliphatic rings. The van der Waals surface area contributed by atoms with Gasteiger partial charge in [0.2, 0.25) is 0 Å². The van der Waals surface area contributed by atoms with E-state index < -0.39 is 0 Å². The number of piperidine rings is 1. The van der Waals surface area contributed by atoms with E-state index in [1.54, 1.807) is 0 Å². The first-order valence-electron chi connectivity index (χ1n) is 6.07. The normalized spacial score (nSPS) is 29.9. The molecule has 2 aliphatic heterocycles. The molecule has 0 spiro atoms. The van der Waals surface area contributed by atoms with Crippen LogP contribution < -0.4 is 0 Å². The van der Waals surface area contributed by atoms with Crippen molar-refractivity contribution in [3.63, 3.8) is 0 Å². The van der Waals surface area contributed by atoms with Crippen LogP contribution in [0.3, 0.4) is 0 Å². The first-order valence-corrected chi connectivity index (χ1v) is 6.07. The first-order chi connectivity index (χ1) is 7.72. The Labute approximate surface area is 96.1 Å². The van der Waals surface area contributed by atoms with Gasteiger partial charge in [0.25, 0.3) is 0 Å². The van der Waals surface area contributed by atoms with Crippen molar-refractivity contribution >= 4 is 0 Å². The fourth-order valence-corrected chi connectivity index (χ4v) is 3.13. The molecule has 16 heavy (non-hydrogen) atoms. The smallest absolute Gasteiger partial charge is 0.150 e. The first kappa shape index (κ1) is 10.1. The molecular formula is C13H18N2O. The molecule has 3 rings (SSSR count). The van der Waals surface area contributed by atoms with Gasteiger partial charge in [-0.15, -0.1) is 0 Å². The molecule has 2 bridgehead atoms. The van der Waals surface area contributed by atoms with E-state index in [0.29, 0.717) is 12.1 Å². The minimum atomic E-state index is 0.691. The van der Waals surface area contributed by atoms with Crippen molar-refractivity contribution in [2.75, 3.05) is 0 Å². The molecule has 2 saturated heterocycles. The molecule has 1 aromatic rings. The largest absolute Gasteiger partial charge is 0.360 e. The second-order valence-corrected chi connectivity index (χ2v) is 5.15. The van der Waals surface area contributed by atoms with E-state index in [-0.39, 0.29) is 0 Å². The van der Waals surface area contributed by atoms with Crippen molar-refractivity contribution in [2.45, 2.75) is 51.2 Å². The van der Waals surface area contributed by atoms with Crippen LogP contribution >= 0.6 is 0 Å². The SMILES string of the molecule is C=C1CC2CCC(C1)N2Cc1cc(C)no1. The summed E-state index contributed by atoms with van der Waals surface area (Å²) < 4.78 is 5.30. The Kier molecular flexibility index (Phi) is 2.36. The molecule has 3 nitrogen and oxygen atoms in total. The Hall–Kier alpha value is -1.09. The van der Waals surface area contributed by atoms with E-state index in [2.05, 4.69) is 16.6 Å². The molecule has 0 amide bonds. The summed E-state index contributed by atoms with van der Waals surface area (Å²) in [6.07, 6.45) is 4.97. The Balaban J connectivity index is 1.74. The number of hydrogen-bond donors (Lipinski definition) is 0. The second-order valence-electron chi connectivity index (χ2n) is 5.15. The van der Waals surface area contributed by atoms with Crippen LogP contribution in [0.1, 0.15) is 37.1 Å². The van der Waals surface area contributed by atoms with E-state index >= 15 is 0 Å². The van der Waals surface area contributed by atoms with Gasteiger partial charge in [-0.25, -0.2) is 0 Å². The molecule has 0 N–H and O–H groups in total. The molecule has 3 heteroatoms. The Bertz CT molecular complexity index is 394. The fraction of sp³-hybridized carbons (Fsp3) is 0.615. The third kappa shape index (κ3) is 1.69. The van der Waals surface area contributed by atoms with Crippen LogP contribution in [-0.4, -0.2) is 22.1 Å². The van der Waals surface area contributed by atoms with Crippen molar-refractivity contribution < 1.29 is 4.52 Å². The van der Waals surface area contributed by atoms with E-state index in [1.165, 1.54) is 31.3 Å². The van der Waals surface area contributed by atoms with E-state index in [9.17, 15) is 0 Å². The van der Waals surface area contributed by atoms with Gasteiger partial charge >= 0.3 is 0 Å². The van der Waals surface area contributed by atoms with Crippen LogP contribution in [0, 0.1) is 6.92 Å². The summed E-state index contributed by atoms with van der Waals surface area (Å²) in [5, 5.41) is 3.95. The quantitative estimate of drug-likeness (QED) is 0.715. The molecule has 86 valence electrons. The summed E-state index contributed by atoms with van der Waals surface area (Å²) in [4.78, 5) is 2.58. The maximum Gasteiger partial charge on any atom is 0.150 e. The number of hydrogen-bond acceptors (Lipinski definition) is 3. The molecule has 0 aromatic carbocycles. The molecular weight excluding hydrogens is 200 g/mol. The summed E-state index contributed by atoms with van der Waals surface area (Å²) in [6.45, 7) is 7.03. The number of fused-ring (bicyclic) bond motifs is 2. The lowest BCUT2D eigenvalue weighted by atomic mass is 9.98. The minimum absolute atomic E-state index is 0.691. The lowest BCUT2D eigenvalue weighted by Crippen LogP contribution is -2.39. The van der Waals surface area contributed by atoms with Gasteiger partial charge in [0.15, 0.2) is 5.76 Å². The zero-order chi connectivity index (χ0) is 11.1. The monoisotopic (exact) mass is 218 g/mol. The molecule has 2 atom stereocenters. The van der Waals surface area contributed by atoms with E-state index in [0.717, 1.165) is 18.0 Å². The van der Waals surface area contributed by atoms with Gasteiger partial charge in [0.1, 0.15) is 0 Å². The van der Waals surface area contributed by atoms with Crippen LogP contribution in [0.4, 0.5) is 0 Å². The van der Waals surface area contributed by atoms with Crippen LogP contribution in [0.15, 0.2) is 22.7 Å². The Morgan fingerprint density at radius 3 is 2.69 bits per heavy atom. The maximum absolute atomic E-state index is 5.30. The standard InChI is InChI=1S/C13H18N2O/c1-9-5-11-3-4-12(6-9)15(11)8-13-7-10(2)14-16-13/h7,11-12H,1,3-6,8H2,2H3. The van der Waals surface area contributed by atoms with Crippen LogP contribution in [-0.2, 0) is 6.54 Å². The average Bonchev–Trinajstić information content (AvgIpc) is 2.72. The summed E-state index contributed by atoms with van der Waals surface area (Å²) >= 11 is 0. The van der Waals surface area contributed by atoms with Gasteiger partial charge in [-0.2, -0.15) is 0 Å². The van der Waals surface area contributed by atoms with Gasteiger partial charge in [0.05, 0.1) is 12.2 Å². The van der Waals surface area contributed by atoms with Crippen molar-refractivity contribution in [3.8, 4) is 0 Å². The molecule has 2 fully saturated rings. The lowest BCUT2D eigenvalue weighted by molar-refractivity contribution is 0.141. The molecule has 0 radical (unpaired) electrons. The van der Waals surface area contributed by atoms with Crippen molar-refractivity contribution in [3.05, 3.63) is 29.7 Å². The van der Waals surface area contributed by atoms with Crippen LogP contribution in [0.2, 0.25) is 0 Å². The highest BCUT2D eigenvalue weighted by Crippen LogP contribution is 2.38. The predicted octanol–water partition coefficient (Wildman–Crippen LogP) is 2.67. The van der Waals surface area contributed by atoms with Gasteiger partial charge in [-0.1, -0.05) is 17.3 Å². The molecule has 1 aromatic heterocycles. The van der Waals surface area contributed by atoms with E-state index in [4.69, 9.17) is 4.52 Å². The molecule has 0 aliphatic carbocycles. The molecule has 3 heterocycles. The highest BCUT2D eigenvalue weighted by molar-refractivity contribution is 5.12. The summed E-state index contributed by atoms with van der Waals surface area (Å²) in [5.41, 5.74) is 2.40. The number of aryl methyl sites for hydroxylation is 1. The third-order valence-electron chi connectivity index (χ3n) is 3.83. The summed E-state index contributed by atoms with van der Waals surface area (Å²) in [5.74, 6) is 1.00. The zero-order valence-electron chi connectivity index (χ0n) is 9.78. The van der Waals surface area contributed by atoms with Crippen molar-refractivity contribution in [1.29, 1.82) is 0 Å². The minimum Gasteiger partial charge on any atom is -0.360 e. The highest BCUT2D eigenvalue weighted by Gasteiger charge is 2.38. The molecule has 2 unspecified atom stereocenters. The van der Waals surface area contributed by atoms with Crippen LogP contribution in [0.25, 0.3) is 0 Å². The Morgan fingerprint density at radius 2 is 2.12 bits per heavy atom. The number of aromatic nitrogens is 1. The van der Waals surface area contributed by atoms with Crippen molar-refractivity contribution in [2.24, 2.45) is 0 Å². The van der Waals surface area contributed by atoms with Gasteiger partial charge in [-0.05, 0) is 32.6 Å². The number of nitrogens with zero attached hydrogens (tertiary/aromatic N) is 2. The maximum atomic E-state index is 5.30. The summed E-state index contributed by atoms with van der Waals surface area (Å²) in [6, 6.07) is 3.43. The van der Waals surface area contributed by atoms with Gasteiger partial charge in [-0.3, -0.25) is 4.90 Å². The molecule has 0 saturated carbocycles. The fourth-order valence-electron chi connectivity index (χ4n) is 3.13. The topological polar surface area (TPSA) is 29.3 Å². The third-order valence-corrected chi connectivity index (χ3v) is 3.83. The van der Waals surface area contributed by atoms with Crippen LogP contribution in [0.5, 0.6) is 0 Å². The van der Waals surface area contributed by atoms with Gasteiger partial charge in [0, 0.05) is 18.2 Å². The second kappa shape index (κ2) is 3.74. The lowest BCUT2D eigenvalue weighted by Gasteiger charge is -2.34. The summed E-state index contributed by atoms with van der Waals surface area (Å²) in [7, 11) is 0.